The van der Waals surface area contributed by atoms with E-state index in [-0.39, 0.29) is 11.8 Å². The molecule has 0 aliphatic rings. The van der Waals surface area contributed by atoms with Crippen LogP contribution in [0.25, 0.3) is 11.1 Å². The molecular weight excluding hydrogens is 382 g/mol. The number of hydrogen-bond donors (Lipinski definition) is 1. The van der Waals surface area contributed by atoms with E-state index in [1.165, 1.54) is 7.11 Å². The molecule has 0 fully saturated rings. The number of amides is 1. The van der Waals surface area contributed by atoms with E-state index in [2.05, 4.69) is 21.2 Å². The first-order chi connectivity index (χ1) is 12.0. The smallest absolute Gasteiger partial charge is 0.328 e. The topological polar surface area (TPSA) is 55.4 Å². The minimum Gasteiger partial charge on any atom is -0.467 e. The first-order valence-electron chi connectivity index (χ1n) is 8.21. The average Bonchev–Trinajstić information content (AvgIpc) is 2.65. The molecule has 0 aromatic heterocycles. The van der Waals surface area contributed by atoms with Gasteiger partial charge in [0.15, 0.2) is 0 Å². The lowest BCUT2D eigenvalue weighted by Gasteiger charge is -2.22. The van der Waals surface area contributed by atoms with E-state index in [4.69, 9.17) is 4.74 Å². The quantitative estimate of drug-likeness (QED) is 0.725. The van der Waals surface area contributed by atoms with Crippen molar-refractivity contribution in [3.63, 3.8) is 0 Å². The van der Waals surface area contributed by atoms with E-state index >= 15 is 0 Å². The van der Waals surface area contributed by atoms with Crippen LogP contribution in [0.2, 0.25) is 0 Å². The molecule has 0 aliphatic heterocycles. The maximum atomic E-state index is 12.9. The minimum atomic E-state index is -0.672. The SMILES string of the molecule is CCC(C)C(NC(=O)c1ccc(Br)cc1-c1ccccc1)C(=O)OC. The Morgan fingerprint density at radius 3 is 2.44 bits per heavy atom. The van der Waals surface area contributed by atoms with Gasteiger partial charge in [-0.2, -0.15) is 0 Å². The number of benzene rings is 2. The second-order valence-electron chi connectivity index (χ2n) is 5.92. The summed E-state index contributed by atoms with van der Waals surface area (Å²) in [6, 6.07) is 14.5. The average molecular weight is 404 g/mol. The van der Waals surface area contributed by atoms with Gasteiger partial charge in [-0.05, 0) is 35.2 Å². The lowest BCUT2D eigenvalue weighted by molar-refractivity contribution is -0.144. The Bertz CT molecular complexity index is 746. The van der Waals surface area contributed by atoms with Gasteiger partial charge in [-0.3, -0.25) is 4.79 Å². The highest BCUT2D eigenvalue weighted by Gasteiger charge is 2.27. The van der Waals surface area contributed by atoms with E-state index in [1.807, 2.05) is 56.3 Å². The van der Waals surface area contributed by atoms with Crippen LogP contribution >= 0.6 is 15.9 Å². The summed E-state index contributed by atoms with van der Waals surface area (Å²) in [7, 11) is 1.33. The van der Waals surface area contributed by atoms with E-state index in [9.17, 15) is 9.59 Å². The van der Waals surface area contributed by atoms with Gasteiger partial charge < -0.3 is 10.1 Å². The fourth-order valence-electron chi connectivity index (χ4n) is 2.59. The van der Waals surface area contributed by atoms with Crippen molar-refractivity contribution in [2.24, 2.45) is 5.92 Å². The Balaban J connectivity index is 2.37. The molecule has 0 heterocycles. The minimum absolute atomic E-state index is 0.0213. The second-order valence-corrected chi connectivity index (χ2v) is 6.83. The predicted octanol–water partition coefficient (Wildman–Crippen LogP) is 4.43. The van der Waals surface area contributed by atoms with Gasteiger partial charge in [0.2, 0.25) is 0 Å². The standard InChI is InChI=1S/C20H22BrNO3/c1-4-13(2)18(20(24)25-3)22-19(23)16-11-10-15(21)12-17(16)14-8-6-5-7-9-14/h5-13,18H,4H2,1-3H3,(H,22,23). The summed E-state index contributed by atoms with van der Waals surface area (Å²) in [5.74, 6) is -0.741. The summed E-state index contributed by atoms with van der Waals surface area (Å²) in [6.45, 7) is 3.89. The van der Waals surface area contributed by atoms with E-state index < -0.39 is 12.0 Å². The number of carbonyl (C=O) groups is 2. The van der Waals surface area contributed by atoms with Gasteiger partial charge in [0.1, 0.15) is 6.04 Å². The highest BCUT2D eigenvalue weighted by atomic mass is 79.9. The molecule has 4 nitrogen and oxygen atoms in total. The zero-order valence-electron chi connectivity index (χ0n) is 14.6. The molecule has 1 N–H and O–H groups in total. The van der Waals surface area contributed by atoms with Crippen molar-refractivity contribution in [1.29, 1.82) is 0 Å². The Labute approximate surface area is 156 Å². The third-order valence-electron chi connectivity index (χ3n) is 4.27. The normalized spacial score (nSPS) is 13.0. The summed E-state index contributed by atoms with van der Waals surface area (Å²) >= 11 is 3.46. The van der Waals surface area contributed by atoms with Crippen LogP contribution in [0, 0.1) is 5.92 Å². The molecule has 2 rings (SSSR count). The molecule has 0 aliphatic carbocycles. The van der Waals surface area contributed by atoms with Crippen molar-refractivity contribution in [3.8, 4) is 11.1 Å². The highest BCUT2D eigenvalue weighted by molar-refractivity contribution is 9.10. The number of esters is 1. The maximum absolute atomic E-state index is 12.9. The number of ether oxygens (including phenoxy) is 1. The Kier molecular flexibility index (Phi) is 6.76. The molecule has 25 heavy (non-hydrogen) atoms. The number of nitrogens with one attached hydrogen (secondary N) is 1. The molecule has 2 unspecified atom stereocenters. The van der Waals surface area contributed by atoms with E-state index in [0.29, 0.717) is 5.56 Å². The molecule has 2 aromatic carbocycles. The van der Waals surface area contributed by atoms with Crippen molar-refractivity contribution < 1.29 is 14.3 Å². The number of rotatable bonds is 6. The van der Waals surface area contributed by atoms with Crippen molar-refractivity contribution in [1.82, 2.24) is 5.32 Å². The second kappa shape index (κ2) is 8.81. The van der Waals surface area contributed by atoms with Crippen LogP contribution in [0.4, 0.5) is 0 Å². The molecule has 132 valence electrons. The fourth-order valence-corrected chi connectivity index (χ4v) is 2.95. The fraction of sp³-hybridized carbons (Fsp3) is 0.300. The molecule has 0 radical (unpaired) electrons. The van der Waals surface area contributed by atoms with Gasteiger partial charge in [-0.25, -0.2) is 4.79 Å². The number of halogens is 1. The number of carbonyl (C=O) groups excluding carboxylic acids is 2. The Hall–Kier alpha value is -2.14. The van der Waals surface area contributed by atoms with E-state index in [0.717, 1.165) is 22.0 Å². The summed E-state index contributed by atoms with van der Waals surface area (Å²) in [5.41, 5.74) is 2.26. The first-order valence-corrected chi connectivity index (χ1v) is 9.00. The van der Waals surface area contributed by atoms with Gasteiger partial charge >= 0.3 is 5.97 Å². The zero-order chi connectivity index (χ0) is 18.4. The van der Waals surface area contributed by atoms with Crippen LogP contribution in [-0.4, -0.2) is 25.0 Å². The van der Waals surface area contributed by atoms with Crippen molar-refractivity contribution in [3.05, 3.63) is 58.6 Å². The van der Waals surface area contributed by atoms with Crippen LogP contribution in [0.3, 0.4) is 0 Å². The van der Waals surface area contributed by atoms with Crippen LogP contribution in [0.1, 0.15) is 30.6 Å². The summed E-state index contributed by atoms with van der Waals surface area (Å²) in [6.07, 6.45) is 0.756. The van der Waals surface area contributed by atoms with Gasteiger partial charge in [0.05, 0.1) is 7.11 Å². The lowest BCUT2D eigenvalue weighted by Crippen LogP contribution is -2.45. The molecule has 0 saturated carbocycles. The number of hydrogen-bond acceptors (Lipinski definition) is 3. The third kappa shape index (κ3) is 4.69. The Morgan fingerprint density at radius 1 is 1.16 bits per heavy atom. The largest absolute Gasteiger partial charge is 0.467 e. The van der Waals surface area contributed by atoms with E-state index in [1.54, 1.807) is 6.07 Å². The van der Waals surface area contributed by atoms with Crippen LogP contribution in [0.5, 0.6) is 0 Å². The predicted molar refractivity (Wildman–Crippen MR) is 102 cm³/mol. The van der Waals surface area contributed by atoms with Crippen molar-refractivity contribution in [2.45, 2.75) is 26.3 Å². The van der Waals surface area contributed by atoms with Crippen LogP contribution in [0.15, 0.2) is 53.0 Å². The molecular formula is C20H22BrNO3. The van der Waals surface area contributed by atoms with Gasteiger partial charge in [0.25, 0.3) is 5.91 Å². The molecule has 5 heteroatoms. The molecule has 0 saturated heterocycles. The molecule has 1 amide bonds. The van der Waals surface area contributed by atoms with Crippen LogP contribution in [-0.2, 0) is 9.53 Å². The summed E-state index contributed by atoms with van der Waals surface area (Å²) in [5, 5.41) is 2.84. The molecule has 2 aromatic rings. The summed E-state index contributed by atoms with van der Waals surface area (Å²) in [4.78, 5) is 24.9. The van der Waals surface area contributed by atoms with Gasteiger partial charge in [-0.1, -0.05) is 66.5 Å². The van der Waals surface area contributed by atoms with Crippen LogP contribution < -0.4 is 5.32 Å². The third-order valence-corrected chi connectivity index (χ3v) is 4.76. The van der Waals surface area contributed by atoms with Gasteiger partial charge in [-0.15, -0.1) is 0 Å². The van der Waals surface area contributed by atoms with Gasteiger partial charge in [0, 0.05) is 10.0 Å². The molecule has 2 atom stereocenters. The lowest BCUT2D eigenvalue weighted by atomic mass is 9.96. The first kappa shape index (κ1) is 19.2. The maximum Gasteiger partial charge on any atom is 0.328 e. The monoisotopic (exact) mass is 403 g/mol. The summed E-state index contributed by atoms with van der Waals surface area (Å²) < 4.78 is 5.73. The van der Waals surface area contributed by atoms with Crippen molar-refractivity contribution in [2.75, 3.05) is 7.11 Å². The molecule has 0 spiro atoms. The Morgan fingerprint density at radius 2 is 1.84 bits per heavy atom. The van der Waals surface area contributed by atoms with Crippen molar-refractivity contribution >= 4 is 27.8 Å². The number of methoxy groups -OCH3 is 1. The zero-order valence-corrected chi connectivity index (χ0v) is 16.2. The molecule has 0 bridgehead atoms. The highest BCUT2D eigenvalue weighted by Crippen LogP contribution is 2.27.